The van der Waals surface area contributed by atoms with E-state index in [1.54, 1.807) is 13.0 Å². The molecule has 5 heteroatoms. The molecule has 0 bridgehead atoms. The quantitative estimate of drug-likeness (QED) is 0.907. The SMILES string of the molecule is CC(O)CC1CCCN1C(=O)c1cc(C(C)C)on1. The van der Waals surface area contributed by atoms with Gasteiger partial charge < -0.3 is 14.5 Å². The highest BCUT2D eigenvalue weighted by atomic mass is 16.5. The van der Waals surface area contributed by atoms with Crippen LogP contribution in [0.2, 0.25) is 0 Å². The van der Waals surface area contributed by atoms with Crippen LogP contribution in [0, 0.1) is 0 Å². The monoisotopic (exact) mass is 266 g/mol. The van der Waals surface area contributed by atoms with Crippen molar-refractivity contribution in [2.45, 2.75) is 58.1 Å². The summed E-state index contributed by atoms with van der Waals surface area (Å²) in [6.45, 7) is 6.50. The van der Waals surface area contributed by atoms with Gasteiger partial charge in [0.05, 0.1) is 6.10 Å². The van der Waals surface area contributed by atoms with E-state index in [0.29, 0.717) is 12.1 Å². The first kappa shape index (κ1) is 14.1. The van der Waals surface area contributed by atoms with E-state index < -0.39 is 0 Å². The Morgan fingerprint density at radius 2 is 2.32 bits per heavy atom. The van der Waals surface area contributed by atoms with E-state index in [2.05, 4.69) is 5.16 Å². The highest BCUT2D eigenvalue weighted by Crippen LogP contribution is 2.24. The number of aliphatic hydroxyl groups is 1. The second-order valence-corrected chi connectivity index (χ2v) is 5.65. The fourth-order valence-corrected chi connectivity index (χ4v) is 2.55. The summed E-state index contributed by atoms with van der Waals surface area (Å²) in [6.07, 6.45) is 2.17. The lowest BCUT2D eigenvalue weighted by Gasteiger charge is -2.24. The number of aromatic nitrogens is 1. The van der Waals surface area contributed by atoms with E-state index in [0.717, 1.165) is 25.1 Å². The summed E-state index contributed by atoms with van der Waals surface area (Å²) in [5, 5.41) is 13.4. The second kappa shape index (κ2) is 5.74. The molecule has 2 atom stereocenters. The molecule has 2 unspecified atom stereocenters. The maximum atomic E-state index is 12.4. The summed E-state index contributed by atoms with van der Waals surface area (Å²) in [4.78, 5) is 14.2. The zero-order valence-electron chi connectivity index (χ0n) is 11.8. The summed E-state index contributed by atoms with van der Waals surface area (Å²) < 4.78 is 5.18. The molecule has 0 saturated carbocycles. The maximum absolute atomic E-state index is 12.4. The van der Waals surface area contributed by atoms with Crippen molar-refractivity contribution in [3.05, 3.63) is 17.5 Å². The lowest BCUT2D eigenvalue weighted by Crippen LogP contribution is -2.37. The van der Waals surface area contributed by atoms with Gasteiger partial charge in [-0.15, -0.1) is 0 Å². The third-order valence-electron chi connectivity index (χ3n) is 3.57. The fraction of sp³-hybridized carbons (Fsp3) is 0.714. The minimum Gasteiger partial charge on any atom is -0.393 e. The van der Waals surface area contributed by atoms with Gasteiger partial charge in [0, 0.05) is 24.6 Å². The number of carbonyl (C=O) groups is 1. The van der Waals surface area contributed by atoms with Gasteiger partial charge in [0.2, 0.25) is 0 Å². The standard InChI is InChI=1S/C14H22N2O3/c1-9(2)13-8-12(15-19-13)14(18)16-6-4-5-11(16)7-10(3)17/h8-11,17H,4-7H2,1-3H3. The first-order valence-electron chi connectivity index (χ1n) is 6.94. The van der Waals surface area contributed by atoms with Crippen LogP contribution in [-0.2, 0) is 0 Å². The van der Waals surface area contributed by atoms with Crippen LogP contribution >= 0.6 is 0 Å². The van der Waals surface area contributed by atoms with Crippen molar-refractivity contribution in [1.82, 2.24) is 10.1 Å². The van der Waals surface area contributed by atoms with Gasteiger partial charge in [0.15, 0.2) is 5.69 Å². The molecular weight excluding hydrogens is 244 g/mol. The number of amides is 1. The van der Waals surface area contributed by atoms with Gasteiger partial charge in [0.25, 0.3) is 5.91 Å². The van der Waals surface area contributed by atoms with Crippen LogP contribution < -0.4 is 0 Å². The maximum Gasteiger partial charge on any atom is 0.276 e. The van der Waals surface area contributed by atoms with Gasteiger partial charge in [0.1, 0.15) is 5.76 Å². The topological polar surface area (TPSA) is 66.6 Å². The molecule has 1 saturated heterocycles. The van der Waals surface area contributed by atoms with E-state index in [1.807, 2.05) is 18.7 Å². The molecule has 0 aliphatic carbocycles. The van der Waals surface area contributed by atoms with Gasteiger partial charge in [-0.2, -0.15) is 0 Å². The Hall–Kier alpha value is -1.36. The van der Waals surface area contributed by atoms with Crippen molar-refractivity contribution in [2.75, 3.05) is 6.54 Å². The third-order valence-corrected chi connectivity index (χ3v) is 3.57. The Kier molecular flexibility index (Phi) is 4.24. The molecule has 0 radical (unpaired) electrons. The zero-order valence-corrected chi connectivity index (χ0v) is 11.8. The van der Waals surface area contributed by atoms with E-state index in [1.165, 1.54) is 0 Å². The predicted octanol–water partition coefficient (Wildman–Crippen LogP) is 2.17. The van der Waals surface area contributed by atoms with Gasteiger partial charge in [-0.25, -0.2) is 0 Å². The molecule has 1 aromatic heterocycles. The van der Waals surface area contributed by atoms with Crippen molar-refractivity contribution in [3.8, 4) is 0 Å². The molecule has 2 rings (SSSR count). The number of likely N-dealkylation sites (tertiary alicyclic amines) is 1. The first-order valence-corrected chi connectivity index (χ1v) is 6.94. The minimum absolute atomic E-state index is 0.0844. The first-order chi connectivity index (χ1) is 8.99. The van der Waals surface area contributed by atoms with E-state index in [4.69, 9.17) is 4.52 Å². The molecule has 2 heterocycles. The number of hydrogen-bond acceptors (Lipinski definition) is 4. The molecule has 0 aromatic carbocycles. The van der Waals surface area contributed by atoms with Crippen LogP contribution in [0.5, 0.6) is 0 Å². The van der Waals surface area contributed by atoms with Crippen LogP contribution in [0.15, 0.2) is 10.6 Å². The number of carbonyl (C=O) groups excluding carboxylic acids is 1. The highest BCUT2D eigenvalue weighted by molar-refractivity contribution is 5.92. The van der Waals surface area contributed by atoms with Crippen molar-refractivity contribution in [2.24, 2.45) is 0 Å². The van der Waals surface area contributed by atoms with Crippen LogP contribution in [0.1, 0.15) is 62.2 Å². The van der Waals surface area contributed by atoms with Crippen molar-refractivity contribution in [1.29, 1.82) is 0 Å². The predicted molar refractivity (Wildman–Crippen MR) is 70.9 cm³/mol. The molecule has 0 spiro atoms. The third kappa shape index (κ3) is 3.15. The highest BCUT2D eigenvalue weighted by Gasteiger charge is 2.31. The number of nitrogens with zero attached hydrogens (tertiary/aromatic N) is 2. The van der Waals surface area contributed by atoms with Crippen LogP contribution in [-0.4, -0.2) is 39.8 Å². The second-order valence-electron chi connectivity index (χ2n) is 5.65. The number of hydrogen-bond donors (Lipinski definition) is 1. The van der Waals surface area contributed by atoms with Crippen LogP contribution in [0.25, 0.3) is 0 Å². The fourth-order valence-electron chi connectivity index (χ4n) is 2.55. The Bertz CT molecular complexity index is 440. The minimum atomic E-state index is -0.387. The number of aliphatic hydroxyl groups excluding tert-OH is 1. The summed E-state index contributed by atoms with van der Waals surface area (Å²) in [5.74, 6) is 0.870. The van der Waals surface area contributed by atoms with E-state index in [-0.39, 0.29) is 24.0 Å². The zero-order chi connectivity index (χ0) is 14.0. The average molecular weight is 266 g/mol. The van der Waals surface area contributed by atoms with Gasteiger partial charge in [-0.3, -0.25) is 4.79 Å². The van der Waals surface area contributed by atoms with Crippen molar-refractivity contribution in [3.63, 3.8) is 0 Å². The van der Waals surface area contributed by atoms with E-state index in [9.17, 15) is 9.90 Å². The molecule has 1 aromatic rings. The molecular formula is C14H22N2O3. The average Bonchev–Trinajstić information content (AvgIpc) is 2.95. The Morgan fingerprint density at radius 1 is 1.58 bits per heavy atom. The van der Waals surface area contributed by atoms with Crippen LogP contribution in [0.3, 0.4) is 0 Å². The number of rotatable bonds is 4. The summed E-state index contributed by atoms with van der Waals surface area (Å²) >= 11 is 0. The largest absolute Gasteiger partial charge is 0.393 e. The lowest BCUT2D eigenvalue weighted by molar-refractivity contribution is 0.0672. The van der Waals surface area contributed by atoms with Crippen molar-refractivity contribution >= 4 is 5.91 Å². The smallest absolute Gasteiger partial charge is 0.276 e. The van der Waals surface area contributed by atoms with E-state index >= 15 is 0 Å². The van der Waals surface area contributed by atoms with Gasteiger partial charge in [-0.05, 0) is 26.2 Å². The Labute approximate surface area is 113 Å². The molecule has 1 amide bonds. The van der Waals surface area contributed by atoms with Gasteiger partial charge in [-0.1, -0.05) is 19.0 Å². The molecule has 1 N–H and O–H groups in total. The van der Waals surface area contributed by atoms with Gasteiger partial charge >= 0.3 is 0 Å². The molecule has 1 aliphatic rings. The Balaban J connectivity index is 2.09. The summed E-state index contributed by atoms with van der Waals surface area (Å²) in [6, 6.07) is 1.84. The molecule has 106 valence electrons. The van der Waals surface area contributed by atoms with Crippen LogP contribution in [0.4, 0.5) is 0 Å². The molecule has 19 heavy (non-hydrogen) atoms. The van der Waals surface area contributed by atoms with Crippen molar-refractivity contribution < 1.29 is 14.4 Å². The summed E-state index contributed by atoms with van der Waals surface area (Å²) in [5.41, 5.74) is 0.376. The molecule has 5 nitrogen and oxygen atoms in total. The lowest BCUT2D eigenvalue weighted by atomic mass is 10.1. The normalized spacial score (nSPS) is 21.1. The Morgan fingerprint density at radius 3 is 2.89 bits per heavy atom. The summed E-state index contributed by atoms with van der Waals surface area (Å²) in [7, 11) is 0. The molecule has 1 aliphatic heterocycles. The molecule has 1 fully saturated rings.